The van der Waals surface area contributed by atoms with Gasteiger partial charge in [0.25, 0.3) is 11.8 Å². The fraction of sp³-hybridized carbons (Fsp3) is 0.280. The number of nitrogens with zero attached hydrogens (tertiary/aromatic N) is 3. The highest BCUT2D eigenvalue weighted by Crippen LogP contribution is 2.36. The summed E-state index contributed by atoms with van der Waals surface area (Å²) in [6.45, 7) is -0.383. The molecule has 0 radical (unpaired) electrons. The van der Waals surface area contributed by atoms with Gasteiger partial charge >= 0.3 is 12.4 Å². The zero-order chi connectivity index (χ0) is 28.4. The minimum atomic E-state index is -4.70. The number of carbonyl (C=O) groups is 3. The molecule has 0 atom stereocenters. The largest absolute Gasteiger partial charge is 0.417 e. The van der Waals surface area contributed by atoms with Crippen molar-refractivity contribution < 1.29 is 40.7 Å². The van der Waals surface area contributed by atoms with Crippen molar-refractivity contribution in [1.82, 2.24) is 25.3 Å². The summed E-state index contributed by atoms with van der Waals surface area (Å²) in [5.41, 5.74) is -2.92. The fourth-order valence-corrected chi connectivity index (χ4v) is 4.14. The average Bonchev–Trinajstić information content (AvgIpc) is 3.41. The van der Waals surface area contributed by atoms with Gasteiger partial charge in [-0.3, -0.25) is 19.5 Å². The molecule has 0 aliphatic carbocycles. The third-order valence-corrected chi connectivity index (χ3v) is 6.11. The molecule has 1 aliphatic rings. The van der Waals surface area contributed by atoms with E-state index in [4.69, 9.17) is 0 Å². The van der Waals surface area contributed by atoms with E-state index >= 15 is 0 Å². The Morgan fingerprint density at radius 1 is 0.821 bits per heavy atom. The van der Waals surface area contributed by atoms with Crippen LogP contribution in [-0.4, -0.2) is 70.4 Å². The summed E-state index contributed by atoms with van der Waals surface area (Å²) in [6, 6.07) is 10.3. The summed E-state index contributed by atoms with van der Waals surface area (Å²) in [4.78, 5) is 40.3. The molecule has 0 spiro atoms. The van der Waals surface area contributed by atoms with Crippen molar-refractivity contribution in [2.24, 2.45) is 0 Å². The molecule has 0 unspecified atom stereocenters. The summed E-state index contributed by atoms with van der Waals surface area (Å²) in [7, 11) is 0. The molecule has 0 bridgehead atoms. The van der Waals surface area contributed by atoms with Crippen LogP contribution in [0.2, 0.25) is 0 Å². The van der Waals surface area contributed by atoms with Gasteiger partial charge in [0.2, 0.25) is 5.91 Å². The van der Waals surface area contributed by atoms with Crippen LogP contribution in [0, 0.1) is 0 Å². The second kappa shape index (κ2) is 10.8. The molecule has 14 heteroatoms. The Labute approximate surface area is 217 Å². The lowest BCUT2D eigenvalue weighted by Crippen LogP contribution is -2.52. The first kappa shape index (κ1) is 27.7. The number of hydrogen-bond acceptors (Lipinski definition) is 4. The van der Waals surface area contributed by atoms with Crippen molar-refractivity contribution in [2.45, 2.75) is 12.4 Å². The van der Waals surface area contributed by atoms with Crippen LogP contribution in [0.25, 0.3) is 11.3 Å². The molecule has 0 saturated carbocycles. The summed E-state index contributed by atoms with van der Waals surface area (Å²) >= 11 is 0. The first-order chi connectivity index (χ1) is 18.4. The molecule has 1 saturated heterocycles. The molecule has 206 valence electrons. The van der Waals surface area contributed by atoms with E-state index in [-0.39, 0.29) is 43.1 Å². The van der Waals surface area contributed by atoms with E-state index in [2.05, 4.69) is 15.5 Å². The molecule has 3 amide bonds. The number of alkyl halides is 6. The third kappa shape index (κ3) is 6.21. The SMILES string of the molecule is O=C(NCC(=O)N1CCN(C(=O)c2ccccc2C(F)(F)F)CC1)c1cc(-c2ccccc2C(F)(F)F)n[nH]1. The Kier molecular flexibility index (Phi) is 7.65. The number of halogens is 6. The topological polar surface area (TPSA) is 98.4 Å². The van der Waals surface area contributed by atoms with E-state index in [1.807, 2.05) is 0 Å². The van der Waals surface area contributed by atoms with Gasteiger partial charge in [-0.25, -0.2) is 0 Å². The van der Waals surface area contributed by atoms with Gasteiger partial charge in [-0.05, 0) is 24.3 Å². The maximum Gasteiger partial charge on any atom is 0.417 e. The molecule has 1 aliphatic heterocycles. The number of hydrogen-bond donors (Lipinski definition) is 2. The molecule has 39 heavy (non-hydrogen) atoms. The van der Waals surface area contributed by atoms with Crippen LogP contribution in [0.4, 0.5) is 26.3 Å². The van der Waals surface area contributed by atoms with E-state index in [0.717, 1.165) is 24.3 Å². The number of aromatic amines is 1. The first-order valence-electron chi connectivity index (χ1n) is 11.6. The zero-order valence-electron chi connectivity index (χ0n) is 20.1. The second-order valence-corrected chi connectivity index (χ2v) is 8.61. The van der Waals surface area contributed by atoms with E-state index in [0.29, 0.717) is 0 Å². The van der Waals surface area contributed by atoms with Crippen LogP contribution in [-0.2, 0) is 17.1 Å². The van der Waals surface area contributed by atoms with Gasteiger partial charge in [-0.15, -0.1) is 0 Å². The maximum absolute atomic E-state index is 13.3. The summed E-state index contributed by atoms with van der Waals surface area (Å²) < 4.78 is 79.6. The number of amides is 3. The Morgan fingerprint density at radius 3 is 2.03 bits per heavy atom. The quantitative estimate of drug-likeness (QED) is 0.470. The van der Waals surface area contributed by atoms with Crippen molar-refractivity contribution in [3.05, 3.63) is 77.0 Å². The van der Waals surface area contributed by atoms with Gasteiger partial charge in [0, 0.05) is 31.7 Å². The van der Waals surface area contributed by atoms with Crippen molar-refractivity contribution in [3.63, 3.8) is 0 Å². The Bertz CT molecular complexity index is 1380. The van der Waals surface area contributed by atoms with Crippen LogP contribution in [0.15, 0.2) is 54.6 Å². The molecular formula is C25H21F6N5O3. The number of piperazine rings is 1. The predicted octanol–water partition coefficient (Wildman–Crippen LogP) is 3.83. The highest BCUT2D eigenvalue weighted by molar-refractivity contribution is 5.97. The van der Waals surface area contributed by atoms with E-state index in [1.165, 1.54) is 40.1 Å². The zero-order valence-corrected chi connectivity index (χ0v) is 20.1. The smallest absolute Gasteiger partial charge is 0.342 e. The number of H-pyrrole nitrogens is 1. The number of nitrogens with one attached hydrogen (secondary N) is 2. The minimum Gasteiger partial charge on any atom is -0.342 e. The first-order valence-corrected chi connectivity index (χ1v) is 11.6. The summed E-state index contributed by atoms with van der Waals surface area (Å²) in [5, 5.41) is 8.50. The number of aromatic nitrogens is 2. The lowest BCUT2D eigenvalue weighted by atomic mass is 10.0. The molecular weight excluding hydrogens is 532 g/mol. The van der Waals surface area contributed by atoms with Crippen molar-refractivity contribution in [1.29, 1.82) is 0 Å². The Hall–Kier alpha value is -4.36. The van der Waals surface area contributed by atoms with Gasteiger partial charge in [0.05, 0.1) is 28.9 Å². The van der Waals surface area contributed by atoms with Gasteiger partial charge in [-0.1, -0.05) is 30.3 Å². The van der Waals surface area contributed by atoms with E-state index in [9.17, 15) is 40.7 Å². The lowest BCUT2D eigenvalue weighted by molar-refractivity contribution is -0.138. The highest BCUT2D eigenvalue weighted by Gasteiger charge is 2.37. The molecule has 2 N–H and O–H groups in total. The van der Waals surface area contributed by atoms with Gasteiger partial charge in [-0.2, -0.15) is 31.4 Å². The molecule has 2 heterocycles. The number of carbonyl (C=O) groups excluding carboxylic acids is 3. The van der Waals surface area contributed by atoms with Gasteiger partial charge in [0.1, 0.15) is 5.69 Å². The normalized spacial score (nSPS) is 14.3. The maximum atomic E-state index is 13.3. The fourth-order valence-electron chi connectivity index (χ4n) is 4.14. The van der Waals surface area contributed by atoms with Crippen LogP contribution in [0.5, 0.6) is 0 Å². The molecule has 3 aromatic rings. The minimum absolute atomic E-state index is 0.00671. The van der Waals surface area contributed by atoms with Gasteiger partial charge in [0.15, 0.2) is 0 Å². The monoisotopic (exact) mass is 553 g/mol. The average molecular weight is 553 g/mol. The second-order valence-electron chi connectivity index (χ2n) is 8.61. The molecule has 2 aromatic carbocycles. The molecule has 4 rings (SSSR count). The van der Waals surface area contributed by atoms with Crippen LogP contribution < -0.4 is 5.32 Å². The van der Waals surface area contributed by atoms with Gasteiger partial charge < -0.3 is 15.1 Å². The Balaban J connectivity index is 1.32. The van der Waals surface area contributed by atoms with Crippen molar-refractivity contribution >= 4 is 17.7 Å². The standard InChI is InChI=1S/C25H21F6N5O3/c26-24(27,28)17-7-3-1-5-15(17)19-13-20(34-33-19)22(38)32-14-21(37)35-9-11-36(12-10-35)23(39)16-6-2-4-8-18(16)25(29,30)31/h1-8,13H,9-12,14H2,(H,32,38)(H,33,34). The summed E-state index contributed by atoms with van der Waals surface area (Å²) in [6.07, 6.45) is -9.32. The molecule has 1 aromatic heterocycles. The third-order valence-electron chi connectivity index (χ3n) is 6.11. The van der Waals surface area contributed by atoms with E-state index in [1.54, 1.807) is 0 Å². The Morgan fingerprint density at radius 2 is 1.38 bits per heavy atom. The number of benzene rings is 2. The van der Waals surface area contributed by atoms with Crippen LogP contribution in [0.1, 0.15) is 32.0 Å². The van der Waals surface area contributed by atoms with Crippen LogP contribution in [0.3, 0.4) is 0 Å². The lowest BCUT2D eigenvalue weighted by Gasteiger charge is -2.35. The number of rotatable bonds is 5. The van der Waals surface area contributed by atoms with Crippen LogP contribution >= 0.6 is 0 Å². The van der Waals surface area contributed by atoms with E-state index < -0.39 is 53.3 Å². The van der Waals surface area contributed by atoms with Crippen molar-refractivity contribution in [2.75, 3.05) is 32.7 Å². The highest BCUT2D eigenvalue weighted by atomic mass is 19.4. The predicted molar refractivity (Wildman–Crippen MR) is 125 cm³/mol. The molecule has 8 nitrogen and oxygen atoms in total. The summed E-state index contributed by atoms with van der Waals surface area (Å²) in [5.74, 6) is -2.08. The molecule has 1 fully saturated rings. The van der Waals surface area contributed by atoms with Crippen molar-refractivity contribution in [3.8, 4) is 11.3 Å².